The lowest BCUT2D eigenvalue weighted by molar-refractivity contribution is -0.144. The zero-order valence-corrected chi connectivity index (χ0v) is 12.6. The molecule has 1 fully saturated rings. The fourth-order valence-electron chi connectivity index (χ4n) is 2.55. The van der Waals surface area contributed by atoms with Crippen molar-refractivity contribution in [2.75, 3.05) is 19.8 Å². The van der Waals surface area contributed by atoms with Crippen molar-refractivity contribution in [2.45, 2.75) is 12.8 Å². The van der Waals surface area contributed by atoms with Crippen LogP contribution in [0.1, 0.15) is 23.2 Å². The van der Waals surface area contributed by atoms with E-state index < -0.39 is 23.6 Å². The highest BCUT2D eigenvalue weighted by atomic mass is 35.5. The van der Waals surface area contributed by atoms with E-state index in [1.165, 1.54) is 12.1 Å². The molecule has 0 radical (unpaired) electrons. The van der Waals surface area contributed by atoms with Gasteiger partial charge in [-0.25, -0.2) is 4.39 Å². The fourth-order valence-corrected chi connectivity index (χ4v) is 2.70. The maximum atomic E-state index is 13.7. The molecule has 1 aromatic rings. The monoisotopic (exact) mass is 329 g/mol. The van der Waals surface area contributed by atoms with Gasteiger partial charge in [0.15, 0.2) is 0 Å². The molecule has 1 aromatic carbocycles. The molecule has 1 aliphatic rings. The molecule has 1 saturated heterocycles. The Hall–Kier alpha value is -1.66. The topological polar surface area (TPSA) is 75.6 Å². The Kier molecular flexibility index (Phi) is 5.74. The quantitative estimate of drug-likeness (QED) is 0.869. The van der Waals surface area contributed by atoms with Crippen LogP contribution in [0.5, 0.6) is 0 Å². The lowest BCUT2D eigenvalue weighted by Crippen LogP contribution is -2.39. The van der Waals surface area contributed by atoms with Gasteiger partial charge in [0.1, 0.15) is 5.82 Å². The molecular weight excluding hydrogens is 313 g/mol. The predicted molar refractivity (Wildman–Crippen MR) is 78.4 cm³/mol. The molecule has 1 heterocycles. The van der Waals surface area contributed by atoms with Crippen LogP contribution in [0, 0.1) is 17.7 Å². The van der Waals surface area contributed by atoms with Gasteiger partial charge in [0.05, 0.1) is 11.5 Å². The Morgan fingerprint density at radius 2 is 2.09 bits per heavy atom. The first-order valence-corrected chi connectivity index (χ1v) is 7.40. The highest BCUT2D eigenvalue weighted by Gasteiger charge is 2.30. The van der Waals surface area contributed by atoms with Gasteiger partial charge in [-0.05, 0) is 37.0 Å². The Morgan fingerprint density at radius 3 is 2.68 bits per heavy atom. The number of benzene rings is 1. The molecule has 1 unspecified atom stereocenters. The summed E-state index contributed by atoms with van der Waals surface area (Å²) in [5.74, 6) is -3.11. The van der Waals surface area contributed by atoms with Gasteiger partial charge >= 0.3 is 5.97 Å². The van der Waals surface area contributed by atoms with Crippen molar-refractivity contribution in [3.05, 3.63) is 34.6 Å². The Morgan fingerprint density at radius 1 is 1.41 bits per heavy atom. The summed E-state index contributed by atoms with van der Waals surface area (Å²) in [5, 5.41) is 12.0. The van der Waals surface area contributed by atoms with Gasteiger partial charge in [-0.1, -0.05) is 11.6 Å². The highest BCUT2D eigenvalue weighted by molar-refractivity contribution is 6.30. The Labute approximate surface area is 132 Å². The number of nitrogens with one attached hydrogen (secondary N) is 1. The number of hydrogen-bond donors (Lipinski definition) is 2. The van der Waals surface area contributed by atoms with Crippen LogP contribution in [0.3, 0.4) is 0 Å². The van der Waals surface area contributed by atoms with Crippen molar-refractivity contribution in [2.24, 2.45) is 11.8 Å². The van der Waals surface area contributed by atoms with Gasteiger partial charge < -0.3 is 15.2 Å². The SMILES string of the molecule is O=C(NCC(C(=O)O)C1CCOCC1)c1ccc(Cl)cc1F. The average Bonchev–Trinajstić information content (AvgIpc) is 2.48. The number of aliphatic carboxylic acids is 1. The number of hydrogen-bond acceptors (Lipinski definition) is 3. The first-order valence-electron chi connectivity index (χ1n) is 7.03. The van der Waals surface area contributed by atoms with Crippen LogP contribution in [0.15, 0.2) is 18.2 Å². The highest BCUT2D eigenvalue weighted by Crippen LogP contribution is 2.24. The molecular formula is C15H17ClFNO4. The van der Waals surface area contributed by atoms with Crippen molar-refractivity contribution in [1.82, 2.24) is 5.32 Å². The summed E-state index contributed by atoms with van der Waals surface area (Å²) in [7, 11) is 0. The van der Waals surface area contributed by atoms with E-state index in [1.807, 2.05) is 0 Å². The minimum absolute atomic E-state index is 0.0408. The van der Waals surface area contributed by atoms with E-state index in [-0.39, 0.29) is 23.0 Å². The van der Waals surface area contributed by atoms with Crippen molar-refractivity contribution in [3.63, 3.8) is 0 Å². The van der Waals surface area contributed by atoms with E-state index >= 15 is 0 Å². The molecule has 0 aliphatic carbocycles. The van der Waals surface area contributed by atoms with Gasteiger partial charge in [-0.15, -0.1) is 0 Å². The maximum Gasteiger partial charge on any atom is 0.308 e. The standard InChI is InChI=1S/C15H17ClFNO4/c16-10-1-2-11(13(17)7-10)14(19)18-8-12(15(20)21)9-3-5-22-6-4-9/h1-2,7,9,12H,3-6,8H2,(H,18,19)(H,20,21). The van der Waals surface area contributed by atoms with Crippen LogP contribution in [0.4, 0.5) is 4.39 Å². The van der Waals surface area contributed by atoms with Crippen molar-refractivity contribution >= 4 is 23.5 Å². The average molecular weight is 330 g/mol. The smallest absolute Gasteiger partial charge is 0.308 e. The first kappa shape index (κ1) is 16.7. The number of carbonyl (C=O) groups is 2. The summed E-state index contributed by atoms with van der Waals surface area (Å²) >= 11 is 5.63. The van der Waals surface area contributed by atoms with E-state index in [9.17, 15) is 19.1 Å². The predicted octanol–water partition coefficient (Wildman–Crippen LogP) is 2.34. The molecule has 2 N–H and O–H groups in total. The van der Waals surface area contributed by atoms with Crippen molar-refractivity contribution < 1.29 is 23.8 Å². The third-order valence-electron chi connectivity index (χ3n) is 3.81. The summed E-state index contributed by atoms with van der Waals surface area (Å²) in [6, 6.07) is 3.73. The molecule has 2 rings (SSSR count). The Bertz CT molecular complexity index is 560. The lowest BCUT2D eigenvalue weighted by atomic mass is 9.86. The second-order valence-corrected chi connectivity index (χ2v) is 5.67. The van der Waals surface area contributed by atoms with Gasteiger partial charge in [-0.3, -0.25) is 9.59 Å². The summed E-state index contributed by atoms with van der Waals surface area (Å²) in [6.45, 7) is 1.00. The lowest BCUT2D eigenvalue weighted by Gasteiger charge is -2.27. The molecule has 7 heteroatoms. The molecule has 1 aliphatic heterocycles. The molecule has 1 atom stereocenters. The van der Waals surface area contributed by atoms with E-state index in [0.29, 0.717) is 26.1 Å². The molecule has 5 nitrogen and oxygen atoms in total. The number of carbonyl (C=O) groups excluding carboxylic acids is 1. The minimum atomic E-state index is -0.969. The van der Waals surface area contributed by atoms with Gasteiger partial charge in [0.2, 0.25) is 0 Å². The summed E-state index contributed by atoms with van der Waals surface area (Å²) in [4.78, 5) is 23.4. The molecule has 0 saturated carbocycles. The fraction of sp³-hybridized carbons (Fsp3) is 0.467. The van der Waals surface area contributed by atoms with E-state index in [2.05, 4.69) is 5.32 Å². The van der Waals surface area contributed by atoms with E-state index in [0.717, 1.165) is 6.07 Å². The van der Waals surface area contributed by atoms with Gasteiger partial charge in [-0.2, -0.15) is 0 Å². The number of amides is 1. The number of ether oxygens (including phenoxy) is 1. The maximum absolute atomic E-state index is 13.7. The van der Waals surface area contributed by atoms with Gasteiger partial charge in [0.25, 0.3) is 5.91 Å². The van der Waals surface area contributed by atoms with Crippen LogP contribution in [-0.4, -0.2) is 36.7 Å². The molecule has 1 amide bonds. The van der Waals surface area contributed by atoms with Crippen molar-refractivity contribution in [1.29, 1.82) is 0 Å². The van der Waals surface area contributed by atoms with Crippen molar-refractivity contribution in [3.8, 4) is 0 Å². The molecule has 0 spiro atoms. The molecule has 0 bridgehead atoms. The zero-order chi connectivity index (χ0) is 16.1. The third-order valence-corrected chi connectivity index (χ3v) is 4.05. The molecule has 22 heavy (non-hydrogen) atoms. The summed E-state index contributed by atoms with van der Waals surface area (Å²) in [6.07, 6.45) is 1.28. The summed E-state index contributed by atoms with van der Waals surface area (Å²) in [5.41, 5.74) is -0.152. The van der Waals surface area contributed by atoms with Crippen LogP contribution in [-0.2, 0) is 9.53 Å². The number of halogens is 2. The molecule has 120 valence electrons. The van der Waals surface area contributed by atoms with Crippen LogP contribution < -0.4 is 5.32 Å². The third kappa shape index (κ3) is 4.18. The number of rotatable bonds is 5. The van der Waals surface area contributed by atoms with Gasteiger partial charge in [0, 0.05) is 24.8 Å². The number of carboxylic acid groups (broad SMARTS) is 1. The van der Waals surface area contributed by atoms with Crippen LogP contribution >= 0.6 is 11.6 Å². The van der Waals surface area contributed by atoms with E-state index in [4.69, 9.17) is 16.3 Å². The van der Waals surface area contributed by atoms with Crippen LogP contribution in [0.2, 0.25) is 5.02 Å². The first-order chi connectivity index (χ1) is 10.5. The largest absolute Gasteiger partial charge is 0.481 e. The zero-order valence-electron chi connectivity index (χ0n) is 11.9. The second kappa shape index (κ2) is 7.56. The Balaban J connectivity index is 1.99. The minimum Gasteiger partial charge on any atom is -0.481 e. The number of carboxylic acids is 1. The molecule has 0 aromatic heterocycles. The van der Waals surface area contributed by atoms with E-state index in [1.54, 1.807) is 0 Å². The van der Waals surface area contributed by atoms with Crippen LogP contribution in [0.25, 0.3) is 0 Å². The summed E-state index contributed by atoms with van der Waals surface area (Å²) < 4.78 is 18.9. The second-order valence-electron chi connectivity index (χ2n) is 5.23. The normalized spacial score (nSPS) is 17.0.